The van der Waals surface area contributed by atoms with Crippen molar-refractivity contribution >= 4 is 11.9 Å². The number of rotatable bonds is 8. The minimum absolute atomic E-state index is 0.0259. The van der Waals surface area contributed by atoms with Crippen LogP contribution in [0.2, 0.25) is 0 Å². The van der Waals surface area contributed by atoms with Crippen LogP contribution in [-0.4, -0.2) is 46.5 Å². The number of nitrogens with one attached hydrogen (secondary N) is 1. The summed E-state index contributed by atoms with van der Waals surface area (Å²) in [5, 5.41) is 16.8. The Labute approximate surface area is 164 Å². The van der Waals surface area contributed by atoms with Crippen molar-refractivity contribution in [2.45, 2.75) is 32.7 Å². The van der Waals surface area contributed by atoms with Crippen molar-refractivity contribution in [3.05, 3.63) is 53.3 Å². The number of carbonyl (C=O) groups is 2. The van der Waals surface area contributed by atoms with E-state index in [1.165, 1.54) is 0 Å². The molecule has 0 bridgehead atoms. The van der Waals surface area contributed by atoms with Crippen molar-refractivity contribution in [2.75, 3.05) is 19.8 Å². The molecule has 1 aromatic carbocycles. The Bertz CT molecular complexity index is 797. The van der Waals surface area contributed by atoms with Crippen LogP contribution in [0.25, 0.3) is 0 Å². The van der Waals surface area contributed by atoms with Gasteiger partial charge in [0.1, 0.15) is 0 Å². The molecule has 2 N–H and O–H groups in total. The quantitative estimate of drug-likeness (QED) is 0.728. The van der Waals surface area contributed by atoms with E-state index >= 15 is 0 Å². The number of carboxylic acids is 1. The number of nitrogens with zero attached hydrogens (tertiary/aromatic N) is 2. The summed E-state index contributed by atoms with van der Waals surface area (Å²) in [6, 6.07) is 9.95. The molecule has 1 aromatic heterocycles. The lowest BCUT2D eigenvalue weighted by molar-refractivity contribution is -0.144. The molecule has 28 heavy (non-hydrogen) atoms. The summed E-state index contributed by atoms with van der Waals surface area (Å²) in [7, 11) is 0. The van der Waals surface area contributed by atoms with Crippen LogP contribution < -0.4 is 5.32 Å². The van der Waals surface area contributed by atoms with E-state index in [9.17, 15) is 14.7 Å². The van der Waals surface area contributed by atoms with Gasteiger partial charge in [0, 0.05) is 19.8 Å². The second-order valence-electron chi connectivity index (χ2n) is 7.11. The van der Waals surface area contributed by atoms with E-state index in [-0.39, 0.29) is 18.4 Å². The van der Waals surface area contributed by atoms with E-state index in [1.807, 2.05) is 41.9 Å². The highest BCUT2D eigenvalue weighted by Gasteiger charge is 2.30. The van der Waals surface area contributed by atoms with E-state index in [4.69, 9.17) is 4.74 Å². The monoisotopic (exact) mass is 385 g/mol. The average Bonchev–Trinajstić information content (AvgIpc) is 3.12. The summed E-state index contributed by atoms with van der Waals surface area (Å²) in [4.78, 5) is 24.4. The minimum atomic E-state index is -0.873. The molecule has 1 unspecified atom stereocenters. The van der Waals surface area contributed by atoms with Crippen molar-refractivity contribution in [3.63, 3.8) is 0 Å². The first-order chi connectivity index (χ1) is 13.6. The molecule has 1 atom stereocenters. The highest BCUT2D eigenvalue weighted by molar-refractivity contribution is 5.95. The molecule has 7 heteroatoms. The lowest BCUT2D eigenvalue weighted by Gasteiger charge is -2.27. The molecule has 1 fully saturated rings. The fourth-order valence-corrected chi connectivity index (χ4v) is 3.74. The van der Waals surface area contributed by atoms with Gasteiger partial charge in [0.05, 0.1) is 29.9 Å². The molecule has 0 aliphatic carbocycles. The van der Waals surface area contributed by atoms with E-state index in [2.05, 4.69) is 10.4 Å². The van der Waals surface area contributed by atoms with Crippen molar-refractivity contribution in [1.29, 1.82) is 0 Å². The van der Waals surface area contributed by atoms with Crippen LogP contribution in [0.4, 0.5) is 0 Å². The van der Waals surface area contributed by atoms with Crippen molar-refractivity contribution < 1.29 is 19.4 Å². The summed E-state index contributed by atoms with van der Waals surface area (Å²) in [6.45, 7) is 3.85. The maximum absolute atomic E-state index is 12.7. The Morgan fingerprint density at radius 3 is 2.64 bits per heavy atom. The van der Waals surface area contributed by atoms with Crippen LogP contribution in [-0.2, 0) is 22.5 Å². The van der Waals surface area contributed by atoms with Gasteiger partial charge in [0.2, 0.25) is 0 Å². The molecule has 0 radical (unpaired) electrons. The van der Waals surface area contributed by atoms with Gasteiger partial charge in [-0.25, -0.2) is 0 Å². The summed E-state index contributed by atoms with van der Waals surface area (Å²) in [5.74, 6) is -1.72. The van der Waals surface area contributed by atoms with Crippen LogP contribution in [0.15, 0.2) is 36.5 Å². The molecular formula is C21H27N3O4. The highest BCUT2D eigenvalue weighted by atomic mass is 16.5. The first-order valence-corrected chi connectivity index (χ1v) is 9.77. The Hall–Kier alpha value is -2.67. The fraction of sp³-hybridized carbons (Fsp3) is 0.476. The molecular weight excluding hydrogens is 358 g/mol. The van der Waals surface area contributed by atoms with E-state index in [0.29, 0.717) is 44.6 Å². The van der Waals surface area contributed by atoms with Gasteiger partial charge >= 0.3 is 5.97 Å². The number of carboxylic acid groups (broad SMARTS) is 1. The molecule has 1 aliphatic rings. The van der Waals surface area contributed by atoms with Gasteiger partial charge in [0.25, 0.3) is 5.91 Å². The van der Waals surface area contributed by atoms with Crippen LogP contribution in [0.1, 0.15) is 41.4 Å². The molecule has 0 spiro atoms. The predicted molar refractivity (Wildman–Crippen MR) is 104 cm³/mol. The number of aliphatic carboxylic acids is 1. The molecule has 2 aromatic rings. The maximum Gasteiger partial charge on any atom is 0.308 e. The van der Waals surface area contributed by atoms with Crippen molar-refractivity contribution in [2.24, 2.45) is 11.8 Å². The minimum Gasteiger partial charge on any atom is -0.481 e. The zero-order valence-electron chi connectivity index (χ0n) is 16.1. The summed E-state index contributed by atoms with van der Waals surface area (Å²) >= 11 is 0. The van der Waals surface area contributed by atoms with Gasteiger partial charge in [-0.05, 0) is 30.7 Å². The Morgan fingerprint density at radius 2 is 2.00 bits per heavy atom. The fourth-order valence-electron chi connectivity index (χ4n) is 3.74. The molecule has 150 valence electrons. The van der Waals surface area contributed by atoms with Gasteiger partial charge in [0.15, 0.2) is 0 Å². The second-order valence-corrected chi connectivity index (χ2v) is 7.11. The number of ether oxygens (including phenoxy) is 1. The summed E-state index contributed by atoms with van der Waals surface area (Å²) in [6.07, 6.45) is 3.66. The van der Waals surface area contributed by atoms with Gasteiger partial charge in [-0.1, -0.05) is 37.3 Å². The Kier molecular flexibility index (Phi) is 6.81. The van der Waals surface area contributed by atoms with Gasteiger partial charge in [-0.15, -0.1) is 0 Å². The van der Waals surface area contributed by atoms with Crippen molar-refractivity contribution in [3.8, 4) is 0 Å². The van der Waals surface area contributed by atoms with Gasteiger partial charge in [-0.2, -0.15) is 5.10 Å². The number of carbonyl (C=O) groups excluding carboxylic acids is 1. The molecule has 7 nitrogen and oxygen atoms in total. The number of hydrogen-bond donors (Lipinski definition) is 2. The molecule has 2 heterocycles. The molecule has 1 saturated heterocycles. The molecule has 0 saturated carbocycles. The Balaban J connectivity index is 1.67. The SMILES string of the molecule is CCc1c(C(=O)NCC(C(=O)O)C2CCOCC2)cnn1Cc1ccccc1. The van der Waals surface area contributed by atoms with Crippen LogP contribution in [0.3, 0.4) is 0 Å². The lowest BCUT2D eigenvalue weighted by Crippen LogP contribution is -2.39. The number of amides is 1. The third kappa shape index (κ3) is 4.78. The average molecular weight is 385 g/mol. The van der Waals surface area contributed by atoms with E-state index in [0.717, 1.165) is 11.3 Å². The number of benzene rings is 1. The Morgan fingerprint density at radius 1 is 1.29 bits per heavy atom. The van der Waals surface area contributed by atoms with E-state index < -0.39 is 11.9 Å². The third-order valence-corrected chi connectivity index (χ3v) is 5.34. The van der Waals surface area contributed by atoms with Gasteiger partial charge in [-0.3, -0.25) is 14.3 Å². The lowest BCUT2D eigenvalue weighted by atomic mass is 9.86. The van der Waals surface area contributed by atoms with Crippen LogP contribution >= 0.6 is 0 Å². The zero-order chi connectivity index (χ0) is 19.9. The van der Waals surface area contributed by atoms with E-state index in [1.54, 1.807) is 6.20 Å². The second kappa shape index (κ2) is 9.50. The normalized spacial score (nSPS) is 15.9. The highest BCUT2D eigenvalue weighted by Crippen LogP contribution is 2.24. The predicted octanol–water partition coefficient (Wildman–Crippen LogP) is 2.35. The third-order valence-electron chi connectivity index (χ3n) is 5.34. The molecule has 1 aliphatic heterocycles. The molecule has 1 amide bonds. The maximum atomic E-state index is 12.7. The first kappa shape index (κ1) is 20.1. The smallest absolute Gasteiger partial charge is 0.308 e. The van der Waals surface area contributed by atoms with Crippen LogP contribution in [0, 0.1) is 11.8 Å². The summed E-state index contributed by atoms with van der Waals surface area (Å²) < 4.78 is 7.15. The standard InChI is InChI=1S/C21H27N3O4/c1-2-19-18(13-23-24(19)14-15-6-4-3-5-7-15)20(25)22-12-17(21(26)27)16-8-10-28-11-9-16/h3-7,13,16-17H,2,8-12,14H2,1H3,(H,22,25)(H,26,27). The summed E-state index contributed by atoms with van der Waals surface area (Å²) in [5.41, 5.74) is 2.46. The number of aromatic nitrogens is 2. The van der Waals surface area contributed by atoms with Crippen molar-refractivity contribution in [1.82, 2.24) is 15.1 Å². The first-order valence-electron chi connectivity index (χ1n) is 9.77. The molecule has 3 rings (SSSR count). The topological polar surface area (TPSA) is 93.5 Å². The largest absolute Gasteiger partial charge is 0.481 e. The van der Waals surface area contributed by atoms with Gasteiger partial charge < -0.3 is 15.2 Å². The number of hydrogen-bond acceptors (Lipinski definition) is 4. The van der Waals surface area contributed by atoms with Crippen LogP contribution in [0.5, 0.6) is 0 Å². The zero-order valence-corrected chi connectivity index (χ0v) is 16.1.